The second-order valence-corrected chi connectivity index (χ2v) is 15.2. The summed E-state index contributed by atoms with van der Waals surface area (Å²) in [6.07, 6.45) is 3.48. The molecule has 0 aliphatic heterocycles. The number of nitrogen functional groups attached to an aromatic ring is 1. The molecule has 1 saturated carbocycles. The summed E-state index contributed by atoms with van der Waals surface area (Å²) in [5.74, 6) is -1.81. The van der Waals surface area contributed by atoms with E-state index >= 15 is 0 Å². The number of ether oxygens (including phenoxy) is 3. The lowest BCUT2D eigenvalue weighted by Gasteiger charge is -2.29. The minimum absolute atomic E-state index is 0.0172. The number of rotatable bonds is 19. The van der Waals surface area contributed by atoms with Crippen LogP contribution in [0, 0.1) is 12.8 Å². The van der Waals surface area contributed by atoms with Gasteiger partial charge in [-0.25, -0.2) is 14.3 Å². The van der Waals surface area contributed by atoms with E-state index in [-0.39, 0.29) is 68.5 Å². The smallest absolute Gasteiger partial charge is 0.328 e. The maximum Gasteiger partial charge on any atom is 0.328 e. The summed E-state index contributed by atoms with van der Waals surface area (Å²) in [4.78, 5) is 90.5. The summed E-state index contributed by atoms with van der Waals surface area (Å²) in [5.41, 5.74) is 7.58. The zero-order chi connectivity index (χ0) is 44.5. The molecule has 62 heavy (non-hydrogen) atoms. The summed E-state index contributed by atoms with van der Waals surface area (Å²) in [5, 5.41) is 24.3. The van der Waals surface area contributed by atoms with Crippen LogP contribution in [0.5, 0.6) is 6.01 Å². The molecular formula is C40H52N12O10. The molecule has 22 heteroatoms. The quantitative estimate of drug-likeness (QED) is 0.0464. The number of nitrogens with zero attached hydrogens (tertiary/aromatic N) is 7. The maximum absolute atomic E-state index is 13.8. The number of methoxy groups -OCH3 is 2. The Morgan fingerprint density at radius 3 is 2.47 bits per heavy atom. The number of anilines is 1. The molecule has 5 unspecified atom stereocenters. The SMILES string of the molecule is COCCOc1nc(N)c2[nH]c(=O)n(Cc3ccc(CNC(=O)CCC(=O)NC4CCCC(c5cnnn5C(Cn5cc(C)c(=O)[nH]c5=O)C(CO)OC)C(C)C4=O)cc3)c2n1. The number of nitrogens with one attached hydrogen (secondary N) is 4. The Bertz CT molecular complexity index is 2540. The summed E-state index contributed by atoms with van der Waals surface area (Å²) in [7, 11) is 2.96. The van der Waals surface area contributed by atoms with Crippen molar-refractivity contribution in [2.45, 2.75) is 89.7 Å². The van der Waals surface area contributed by atoms with Crippen LogP contribution in [0.15, 0.2) is 51.0 Å². The first kappa shape index (κ1) is 45.0. The molecule has 1 aliphatic carbocycles. The van der Waals surface area contributed by atoms with E-state index in [1.54, 1.807) is 24.7 Å². The van der Waals surface area contributed by atoms with Crippen LogP contribution < -0.4 is 38.0 Å². The predicted octanol–water partition coefficient (Wildman–Crippen LogP) is -0.172. The molecule has 1 aliphatic rings. The number of fused-ring (bicyclic) bond motifs is 1. The molecule has 0 saturated heterocycles. The first-order chi connectivity index (χ1) is 29.8. The van der Waals surface area contributed by atoms with Crippen molar-refractivity contribution in [3.63, 3.8) is 0 Å². The molecule has 5 aromatic rings. The molecule has 1 fully saturated rings. The van der Waals surface area contributed by atoms with Crippen LogP contribution >= 0.6 is 0 Å². The van der Waals surface area contributed by atoms with E-state index in [1.807, 2.05) is 24.3 Å². The first-order valence-electron chi connectivity index (χ1n) is 20.2. The molecule has 4 heterocycles. The van der Waals surface area contributed by atoms with Gasteiger partial charge in [-0.3, -0.25) is 33.3 Å². The number of amides is 2. The number of aromatic amines is 2. The van der Waals surface area contributed by atoms with E-state index in [0.29, 0.717) is 48.3 Å². The molecule has 0 radical (unpaired) electrons. The summed E-state index contributed by atoms with van der Waals surface area (Å²) in [6, 6.07) is 5.79. The lowest BCUT2D eigenvalue weighted by atomic mass is 9.85. The maximum atomic E-state index is 13.8. The molecule has 22 nitrogen and oxygen atoms in total. The fourth-order valence-electron chi connectivity index (χ4n) is 7.62. The number of aliphatic hydroxyl groups is 1. The largest absolute Gasteiger partial charge is 0.461 e. The number of benzene rings is 1. The van der Waals surface area contributed by atoms with Gasteiger partial charge in [-0.05, 0) is 30.9 Å². The van der Waals surface area contributed by atoms with Crippen LogP contribution in [0.25, 0.3) is 11.2 Å². The predicted molar refractivity (Wildman–Crippen MR) is 222 cm³/mol. The van der Waals surface area contributed by atoms with E-state index in [1.165, 1.54) is 29.6 Å². The molecule has 0 bridgehead atoms. The van der Waals surface area contributed by atoms with E-state index in [4.69, 9.17) is 19.9 Å². The standard InChI is InChI=1S/C40H52N12O10/c1-22-18-50(39(58)48-37(22)57)20-29(30(21-53)61-4)52-28(17-43-49-52)26-6-5-7-27(34(56)23(26)2)44-32(55)13-12-31(54)42-16-24-8-10-25(11-9-24)19-51-36-33(45-40(51)59)35(41)46-38(47-36)62-15-14-60-3/h8-11,17-18,23,26-27,29-30,53H,5-7,12-16,19-21H2,1-4H3,(H,42,54)(H,44,55)(H,45,59)(H2,41,46,47)(H,48,57,58). The summed E-state index contributed by atoms with van der Waals surface area (Å²) >= 11 is 0. The van der Waals surface area contributed by atoms with Crippen molar-refractivity contribution in [3.8, 4) is 6.01 Å². The van der Waals surface area contributed by atoms with Crippen LogP contribution in [0.4, 0.5) is 5.82 Å². The third kappa shape index (κ3) is 10.5. The second kappa shape index (κ2) is 20.4. The van der Waals surface area contributed by atoms with Gasteiger partial charge in [0, 0.05) is 57.2 Å². The van der Waals surface area contributed by atoms with Gasteiger partial charge >= 0.3 is 17.4 Å². The number of imidazole rings is 1. The highest BCUT2D eigenvalue weighted by Gasteiger charge is 2.38. The zero-order valence-electron chi connectivity index (χ0n) is 35.0. The number of hydrogen-bond donors (Lipinski definition) is 6. The number of H-pyrrole nitrogens is 2. The average molecular weight is 861 g/mol. The van der Waals surface area contributed by atoms with Crippen molar-refractivity contribution < 1.29 is 33.7 Å². The van der Waals surface area contributed by atoms with E-state index in [2.05, 4.69) is 40.9 Å². The Hall–Kier alpha value is -6.52. The molecule has 1 aromatic carbocycles. The van der Waals surface area contributed by atoms with Gasteiger partial charge in [0.2, 0.25) is 11.8 Å². The average Bonchev–Trinajstić information content (AvgIpc) is 3.83. The van der Waals surface area contributed by atoms with E-state index < -0.39 is 53.6 Å². The lowest BCUT2D eigenvalue weighted by Crippen LogP contribution is -2.43. The van der Waals surface area contributed by atoms with Gasteiger partial charge in [0.15, 0.2) is 17.2 Å². The second-order valence-electron chi connectivity index (χ2n) is 15.2. The van der Waals surface area contributed by atoms with Crippen LogP contribution in [0.1, 0.15) is 73.4 Å². The minimum atomic E-state index is -0.814. The third-order valence-corrected chi connectivity index (χ3v) is 11.1. The van der Waals surface area contributed by atoms with Crippen molar-refractivity contribution in [2.75, 3.05) is 39.8 Å². The summed E-state index contributed by atoms with van der Waals surface area (Å²) < 4.78 is 20.3. The van der Waals surface area contributed by atoms with Crippen molar-refractivity contribution in [2.24, 2.45) is 5.92 Å². The van der Waals surface area contributed by atoms with Crippen LogP contribution in [0.2, 0.25) is 0 Å². The van der Waals surface area contributed by atoms with Gasteiger partial charge < -0.3 is 40.7 Å². The van der Waals surface area contributed by atoms with Crippen molar-refractivity contribution in [3.05, 3.63) is 90.4 Å². The van der Waals surface area contributed by atoms with Crippen LogP contribution in [0.3, 0.4) is 0 Å². The fraction of sp³-hybridized carbons (Fsp3) is 0.500. The molecule has 332 valence electrons. The topological polar surface area (TPSA) is 298 Å². The van der Waals surface area contributed by atoms with Gasteiger partial charge in [-0.15, -0.1) is 5.10 Å². The molecule has 4 aromatic heterocycles. The Labute approximate surface area is 354 Å². The lowest BCUT2D eigenvalue weighted by molar-refractivity contribution is -0.130. The van der Waals surface area contributed by atoms with Crippen LogP contribution in [-0.4, -0.2) is 113 Å². The molecule has 6 rings (SSSR count). The number of carbonyl (C=O) groups excluding carboxylic acids is 3. The van der Waals surface area contributed by atoms with Gasteiger partial charge in [-0.2, -0.15) is 9.97 Å². The summed E-state index contributed by atoms with van der Waals surface area (Å²) in [6.45, 7) is 3.85. The fourth-order valence-corrected chi connectivity index (χ4v) is 7.62. The molecule has 0 spiro atoms. The van der Waals surface area contributed by atoms with Gasteiger partial charge in [0.25, 0.3) is 5.56 Å². The number of Topliss-reactive ketones (excluding diaryl/α,β-unsaturated/α-hetero) is 1. The van der Waals surface area contributed by atoms with Crippen molar-refractivity contribution in [1.29, 1.82) is 0 Å². The Morgan fingerprint density at radius 2 is 1.74 bits per heavy atom. The monoisotopic (exact) mass is 860 g/mol. The van der Waals surface area contributed by atoms with E-state index in [9.17, 15) is 33.9 Å². The Morgan fingerprint density at radius 1 is 1.00 bits per heavy atom. The molecule has 5 atom stereocenters. The minimum Gasteiger partial charge on any atom is -0.461 e. The number of aryl methyl sites for hydroxylation is 1. The number of carbonyl (C=O) groups is 3. The number of hydrogen-bond acceptors (Lipinski definition) is 15. The number of ketones is 1. The van der Waals surface area contributed by atoms with Crippen LogP contribution in [-0.2, 0) is 43.5 Å². The molecular weight excluding hydrogens is 809 g/mol. The highest BCUT2D eigenvalue weighted by Crippen LogP contribution is 2.36. The van der Waals surface area contributed by atoms with Gasteiger partial charge in [-0.1, -0.05) is 42.8 Å². The first-order valence-corrected chi connectivity index (χ1v) is 20.2. The zero-order valence-corrected chi connectivity index (χ0v) is 35.0. The van der Waals surface area contributed by atoms with Gasteiger partial charge in [0.1, 0.15) is 24.3 Å². The molecule has 2 amide bonds. The van der Waals surface area contributed by atoms with Crippen molar-refractivity contribution in [1.82, 2.24) is 54.7 Å². The number of aromatic nitrogens is 9. The van der Waals surface area contributed by atoms with Gasteiger partial charge in [0.05, 0.1) is 44.2 Å². The highest BCUT2D eigenvalue weighted by molar-refractivity contribution is 5.92. The third-order valence-electron chi connectivity index (χ3n) is 11.1. The Balaban J connectivity index is 1.01. The number of aliphatic hydroxyl groups excluding tert-OH is 1. The number of nitrogens with two attached hydrogens (primary N) is 1. The molecule has 7 N–H and O–H groups in total. The Kier molecular flexibility index (Phi) is 14.8. The normalized spacial score (nSPS) is 17.7. The highest BCUT2D eigenvalue weighted by atomic mass is 16.5. The van der Waals surface area contributed by atoms with E-state index in [0.717, 1.165) is 11.1 Å². The van der Waals surface area contributed by atoms with Crippen molar-refractivity contribution >= 4 is 34.6 Å².